The van der Waals surface area contributed by atoms with E-state index >= 15 is 0 Å². The Balaban J connectivity index is 0.000000140. The van der Waals surface area contributed by atoms with Crippen LogP contribution in [0.15, 0.2) is 72.8 Å². The van der Waals surface area contributed by atoms with Gasteiger partial charge in [-0.25, -0.2) is 9.97 Å². The van der Waals surface area contributed by atoms with Crippen molar-refractivity contribution in [3.05, 3.63) is 95.6 Å². The zero-order valence-corrected chi connectivity index (χ0v) is 25.3. The first-order chi connectivity index (χ1) is 22.0. The van der Waals surface area contributed by atoms with Crippen LogP contribution in [0.1, 0.15) is 67.6 Å². The van der Waals surface area contributed by atoms with E-state index in [1.165, 1.54) is 11.5 Å². The number of nitrogens with zero attached hydrogens (tertiary/aromatic N) is 7. The summed E-state index contributed by atoms with van der Waals surface area (Å²) in [7, 11) is 0. The van der Waals surface area contributed by atoms with E-state index in [9.17, 15) is 19.2 Å². The van der Waals surface area contributed by atoms with E-state index in [1.54, 1.807) is 28.7 Å². The molecule has 1 fully saturated rings. The lowest BCUT2D eigenvalue weighted by molar-refractivity contribution is 0.0622. The number of carbonyl (C=O) groups excluding carboxylic acids is 4. The Labute approximate surface area is 263 Å². The van der Waals surface area contributed by atoms with Gasteiger partial charge in [0.05, 0.1) is 39.7 Å². The Hall–Kier alpha value is -5.14. The average molecular weight is 634 g/mol. The molecule has 9 rings (SSSR count). The first kappa shape index (κ1) is 27.4. The monoisotopic (exact) mass is 633 g/mol. The lowest BCUT2D eigenvalue weighted by Crippen LogP contribution is -2.35. The Kier molecular flexibility index (Phi) is 6.57. The van der Waals surface area contributed by atoms with Gasteiger partial charge in [-0.2, -0.15) is 8.75 Å². The summed E-state index contributed by atoms with van der Waals surface area (Å²) in [5.74, 6) is -0.232. The first-order valence-corrected chi connectivity index (χ1v) is 16.0. The van der Waals surface area contributed by atoms with Crippen molar-refractivity contribution in [3.63, 3.8) is 0 Å². The number of ketones is 2. The maximum absolute atomic E-state index is 12.8. The van der Waals surface area contributed by atoms with Crippen LogP contribution in [0.25, 0.3) is 32.0 Å². The summed E-state index contributed by atoms with van der Waals surface area (Å²) in [6, 6.07) is 21.9. The van der Waals surface area contributed by atoms with Crippen LogP contribution in [0.4, 0.5) is 0 Å². The lowest BCUT2D eigenvalue weighted by Gasteiger charge is -2.11. The summed E-state index contributed by atoms with van der Waals surface area (Å²) in [6.45, 7) is -0.350. The van der Waals surface area contributed by atoms with Gasteiger partial charge in [0.1, 0.15) is 0 Å². The van der Waals surface area contributed by atoms with Crippen molar-refractivity contribution in [2.45, 2.75) is 25.7 Å². The molecule has 11 nitrogen and oxygen atoms in total. The second-order valence-electron chi connectivity index (χ2n) is 11.0. The lowest BCUT2D eigenvalue weighted by atomic mass is 10.0. The van der Waals surface area contributed by atoms with Gasteiger partial charge in [0.15, 0.2) is 11.6 Å². The van der Waals surface area contributed by atoms with E-state index in [-0.39, 0.29) is 24.1 Å². The molecule has 0 radical (unpaired) electrons. The topological polar surface area (TPSA) is 132 Å². The minimum atomic E-state index is -0.457. The van der Waals surface area contributed by atoms with Gasteiger partial charge in [0.2, 0.25) is 21.5 Å². The van der Waals surface area contributed by atoms with E-state index < -0.39 is 17.6 Å². The Morgan fingerprint density at radius 3 is 1.76 bits per heavy atom. The van der Waals surface area contributed by atoms with Gasteiger partial charge in [-0.05, 0) is 49.2 Å². The molecule has 1 saturated carbocycles. The summed E-state index contributed by atoms with van der Waals surface area (Å²) in [5, 5.41) is 0. The van der Waals surface area contributed by atoms with Crippen LogP contribution in [-0.4, -0.2) is 62.3 Å². The highest BCUT2D eigenvalue weighted by molar-refractivity contribution is 7.11. The molecular weight excluding hydrogens is 611 g/mol. The van der Waals surface area contributed by atoms with Crippen molar-refractivity contribution in [2.24, 2.45) is 5.92 Å². The SMILES string of the molecule is O=C(CN1C(=O)c2ccccc2C1=O)c1nsc2nc3ccccc3n12.O=C(c1nsc2nc3ccccc3n12)C1CCCC1. The molecular formula is C32H23N7O4S2. The second-order valence-corrected chi connectivity index (χ2v) is 12.4. The molecule has 1 aliphatic carbocycles. The highest BCUT2D eigenvalue weighted by atomic mass is 32.1. The molecule has 2 amide bonds. The molecule has 1 aliphatic heterocycles. The third-order valence-corrected chi connectivity index (χ3v) is 9.69. The van der Waals surface area contributed by atoms with Gasteiger partial charge in [-0.15, -0.1) is 0 Å². The van der Waals surface area contributed by atoms with Crippen LogP contribution in [-0.2, 0) is 0 Å². The van der Waals surface area contributed by atoms with E-state index in [4.69, 9.17) is 0 Å². The number of carbonyl (C=O) groups is 4. The maximum atomic E-state index is 12.8. The molecule has 222 valence electrons. The van der Waals surface area contributed by atoms with Gasteiger partial charge in [-0.3, -0.25) is 32.9 Å². The quantitative estimate of drug-likeness (QED) is 0.173. The summed E-state index contributed by atoms with van der Waals surface area (Å²) in [6.07, 6.45) is 4.33. The molecule has 13 heteroatoms. The first-order valence-electron chi connectivity index (χ1n) is 14.5. The molecule has 3 aromatic carbocycles. The molecule has 7 aromatic rings. The summed E-state index contributed by atoms with van der Waals surface area (Å²) >= 11 is 2.42. The van der Waals surface area contributed by atoms with Crippen molar-refractivity contribution in [1.82, 2.24) is 32.4 Å². The average Bonchev–Trinajstić information content (AvgIpc) is 3.90. The summed E-state index contributed by atoms with van der Waals surface area (Å²) < 4.78 is 12.1. The highest BCUT2D eigenvalue weighted by Gasteiger charge is 2.37. The minimum Gasteiger partial charge on any atom is -0.290 e. The second kappa shape index (κ2) is 10.8. The molecule has 0 unspecified atom stereocenters. The van der Waals surface area contributed by atoms with Crippen molar-refractivity contribution in [2.75, 3.05) is 6.54 Å². The van der Waals surface area contributed by atoms with E-state index in [0.717, 1.165) is 69.1 Å². The smallest absolute Gasteiger partial charge is 0.261 e. The number of para-hydroxylation sites is 4. The molecule has 0 spiro atoms. The molecule has 5 heterocycles. The fraction of sp³-hybridized carbons (Fsp3) is 0.188. The van der Waals surface area contributed by atoms with Crippen molar-refractivity contribution in [1.29, 1.82) is 0 Å². The number of fused-ring (bicyclic) bond motifs is 7. The van der Waals surface area contributed by atoms with Crippen LogP contribution in [0, 0.1) is 5.92 Å². The van der Waals surface area contributed by atoms with Crippen LogP contribution in [0.3, 0.4) is 0 Å². The molecule has 0 atom stereocenters. The molecule has 2 aliphatic rings. The van der Waals surface area contributed by atoms with E-state index in [2.05, 4.69) is 18.7 Å². The van der Waals surface area contributed by atoms with Crippen molar-refractivity contribution >= 4 is 78.4 Å². The third kappa shape index (κ3) is 4.46. The predicted octanol–water partition coefficient (Wildman–Crippen LogP) is 5.74. The molecule has 45 heavy (non-hydrogen) atoms. The standard InChI is InChI=1S/C18H10N4O3S.C14H13N3OS/c23-14(9-21-16(24)10-5-1-2-6-11(10)17(21)25)15-20-26-18-19-12-7-3-4-8-13(12)22(15)18;18-12(9-5-1-2-6-9)13-16-19-14-15-10-7-3-4-8-11(10)17(13)14/h1-8H,9H2;3-4,7-9H,1-2,5-6H2. The Bertz CT molecular complexity index is 2290. The number of amides is 2. The zero-order valence-electron chi connectivity index (χ0n) is 23.6. The van der Waals surface area contributed by atoms with Gasteiger partial charge >= 0.3 is 0 Å². The Morgan fingerprint density at radius 2 is 1.18 bits per heavy atom. The number of rotatable bonds is 5. The van der Waals surface area contributed by atoms with Crippen LogP contribution >= 0.6 is 23.1 Å². The van der Waals surface area contributed by atoms with Crippen LogP contribution in [0.2, 0.25) is 0 Å². The highest BCUT2D eigenvalue weighted by Crippen LogP contribution is 2.30. The van der Waals surface area contributed by atoms with E-state index in [0.29, 0.717) is 21.9 Å². The van der Waals surface area contributed by atoms with Crippen LogP contribution < -0.4 is 0 Å². The number of benzene rings is 3. The normalized spacial score (nSPS) is 15.0. The van der Waals surface area contributed by atoms with Crippen LogP contribution in [0.5, 0.6) is 0 Å². The molecule has 0 N–H and O–H groups in total. The minimum absolute atomic E-state index is 0.159. The summed E-state index contributed by atoms with van der Waals surface area (Å²) in [4.78, 5) is 61.6. The summed E-state index contributed by atoms with van der Waals surface area (Å²) in [5.41, 5.74) is 4.07. The Morgan fingerprint density at radius 1 is 0.689 bits per heavy atom. The number of imide groups is 1. The van der Waals surface area contributed by atoms with Crippen molar-refractivity contribution < 1.29 is 19.2 Å². The van der Waals surface area contributed by atoms with Gasteiger partial charge in [0.25, 0.3) is 11.8 Å². The number of Topliss-reactive ketones (excluding diaryl/α,β-unsaturated/α-hetero) is 2. The zero-order chi connectivity index (χ0) is 30.7. The largest absolute Gasteiger partial charge is 0.290 e. The van der Waals surface area contributed by atoms with Gasteiger partial charge < -0.3 is 0 Å². The van der Waals surface area contributed by atoms with E-state index in [1.807, 2.05) is 52.9 Å². The molecule has 0 bridgehead atoms. The molecule has 0 saturated heterocycles. The fourth-order valence-corrected chi connectivity index (χ4v) is 7.59. The van der Waals surface area contributed by atoms with Crippen molar-refractivity contribution in [3.8, 4) is 0 Å². The molecule has 4 aromatic heterocycles. The third-order valence-electron chi connectivity index (χ3n) is 8.29. The predicted molar refractivity (Wildman–Crippen MR) is 169 cm³/mol. The maximum Gasteiger partial charge on any atom is 0.261 e. The number of aromatic nitrogens is 6. The van der Waals surface area contributed by atoms with Gasteiger partial charge in [-0.1, -0.05) is 49.2 Å². The number of imidazole rings is 2. The number of hydrogen-bond acceptors (Lipinski definition) is 10. The number of hydrogen-bond donors (Lipinski definition) is 0. The van der Waals surface area contributed by atoms with Gasteiger partial charge in [0, 0.05) is 29.0 Å². The fourth-order valence-electron chi connectivity index (χ4n) is 6.09.